The number of carbonyl (C=O) groups excluding carboxylic acids is 1. The van der Waals surface area contributed by atoms with Gasteiger partial charge in [-0.25, -0.2) is 13.2 Å². The van der Waals surface area contributed by atoms with Gasteiger partial charge < -0.3 is 10.1 Å². The third-order valence-electron chi connectivity index (χ3n) is 3.54. The zero-order valence-corrected chi connectivity index (χ0v) is 15.7. The van der Waals surface area contributed by atoms with Crippen molar-refractivity contribution in [3.05, 3.63) is 35.5 Å². The Bertz CT molecular complexity index is 791. The van der Waals surface area contributed by atoms with Crippen LogP contribution in [-0.2, 0) is 19.6 Å². The van der Waals surface area contributed by atoms with Gasteiger partial charge in [0.2, 0.25) is 10.0 Å². The summed E-state index contributed by atoms with van der Waals surface area (Å²) in [7, 11) is -3.59. The van der Waals surface area contributed by atoms with E-state index in [-0.39, 0.29) is 17.1 Å². The summed E-state index contributed by atoms with van der Waals surface area (Å²) < 4.78 is 31.3. The minimum atomic E-state index is -3.59. The Balaban J connectivity index is 3.19. The quantitative estimate of drug-likeness (QED) is 0.431. The molecular weight excluding hydrogens is 342 g/mol. The average molecular weight is 365 g/mol. The van der Waals surface area contributed by atoms with Gasteiger partial charge in [0.1, 0.15) is 6.07 Å². The van der Waals surface area contributed by atoms with Gasteiger partial charge in [0.25, 0.3) is 0 Å². The molecule has 0 bridgehead atoms. The van der Waals surface area contributed by atoms with E-state index in [1.807, 2.05) is 0 Å². The van der Waals surface area contributed by atoms with Crippen molar-refractivity contribution in [1.82, 2.24) is 4.31 Å². The average Bonchev–Trinajstić information content (AvgIpc) is 2.57. The van der Waals surface area contributed by atoms with Gasteiger partial charge >= 0.3 is 5.97 Å². The maximum atomic E-state index is 12.6. The highest BCUT2D eigenvalue weighted by Gasteiger charge is 2.22. The van der Waals surface area contributed by atoms with Gasteiger partial charge in [-0.1, -0.05) is 19.9 Å². The number of nitrogens with one attached hydrogen (secondary N) is 1. The van der Waals surface area contributed by atoms with Crippen LogP contribution in [0.4, 0.5) is 5.69 Å². The fourth-order valence-corrected chi connectivity index (χ4v) is 3.61. The van der Waals surface area contributed by atoms with Crippen molar-refractivity contribution < 1.29 is 17.9 Å². The highest BCUT2D eigenvalue weighted by molar-refractivity contribution is 7.89. The summed E-state index contributed by atoms with van der Waals surface area (Å²) in [6, 6.07) is 6.45. The molecule has 1 aromatic carbocycles. The van der Waals surface area contributed by atoms with Gasteiger partial charge in [0.15, 0.2) is 5.57 Å². The van der Waals surface area contributed by atoms with Crippen LogP contribution in [0, 0.1) is 18.3 Å². The molecule has 7 nitrogen and oxygen atoms in total. The van der Waals surface area contributed by atoms with E-state index in [1.165, 1.54) is 22.6 Å². The van der Waals surface area contributed by atoms with Gasteiger partial charge in [-0.15, -0.1) is 0 Å². The number of anilines is 1. The molecule has 25 heavy (non-hydrogen) atoms. The van der Waals surface area contributed by atoms with Gasteiger partial charge in [0.05, 0.1) is 11.5 Å². The van der Waals surface area contributed by atoms with Crippen LogP contribution >= 0.6 is 0 Å². The number of benzene rings is 1. The number of ether oxygens (including phenoxy) is 1. The number of nitriles is 1. The van der Waals surface area contributed by atoms with Crippen LogP contribution in [0.5, 0.6) is 0 Å². The summed E-state index contributed by atoms with van der Waals surface area (Å²) in [5.41, 5.74) is 1.07. The first-order valence-corrected chi connectivity index (χ1v) is 9.40. The van der Waals surface area contributed by atoms with Crippen LogP contribution in [0.1, 0.15) is 26.3 Å². The van der Waals surface area contributed by atoms with Gasteiger partial charge in [-0.3, -0.25) is 0 Å². The van der Waals surface area contributed by atoms with Crippen LogP contribution < -0.4 is 5.32 Å². The lowest BCUT2D eigenvalue weighted by atomic mass is 10.2. The highest BCUT2D eigenvalue weighted by Crippen LogP contribution is 2.23. The van der Waals surface area contributed by atoms with E-state index < -0.39 is 16.0 Å². The van der Waals surface area contributed by atoms with Gasteiger partial charge in [0, 0.05) is 25.0 Å². The molecule has 0 aliphatic carbocycles. The molecule has 0 aliphatic heterocycles. The minimum Gasteiger partial charge on any atom is -0.462 e. The molecule has 0 atom stereocenters. The largest absolute Gasteiger partial charge is 0.462 e. The molecule has 0 radical (unpaired) electrons. The number of esters is 1. The minimum absolute atomic E-state index is 0.146. The molecule has 0 fully saturated rings. The molecule has 0 unspecified atom stereocenters. The zero-order valence-electron chi connectivity index (χ0n) is 14.9. The molecular formula is C17H23N3O4S. The van der Waals surface area contributed by atoms with Crippen LogP contribution in [0.3, 0.4) is 0 Å². The summed E-state index contributed by atoms with van der Waals surface area (Å²) >= 11 is 0. The molecule has 0 aliphatic rings. The van der Waals surface area contributed by atoms with E-state index in [4.69, 9.17) is 10.00 Å². The number of nitrogens with zero attached hydrogens (tertiary/aromatic N) is 2. The maximum Gasteiger partial charge on any atom is 0.350 e. The first-order chi connectivity index (χ1) is 11.8. The molecule has 0 heterocycles. The summed E-state index contributed by atoms with van der Waals surface area (Å²) in [5, 5.41) is 11.9. The second kappa shape index (κ2) is 9.20. The molecule has 136 valence electrons. The Morgan fingerprint density at radius 1 is 1.32 bits per heavy atom. The van der Waals surface area contributed by atoms with Crippen molar-refractivity contribution in [3.63, 3.8) is 0 Å². The maximum absolute atomic E-state index is 12.6. The Morgan fingerprint density at radius 2 is 1.96 bits per heavy atom. The molecule has 0 aromatic heterocycles. The van der Waals surface area contributed by atoms with E-state index in [9.17, 15) is 13.2 Å². The van der Waals surface area contributed by atoms with E-state index in [2.05, 4.69) is 5.32 Å². The monoisotopic (exact) mass is 365 g/mol. The van der Waals surface area contributed by atoms with E-state index in [1.54, 1.807) is 39.8 Å². The lowest BCUT2D eigenvalue weighted by Crippen LogP contribution is -2.30. The molecule has 0 amide bonds. The predicted octanol–water partition coefficient (Wildman–Crippen LogP) is 2.41. The molecule has 0 saturated carbocycles. The SMILES string of the molecule is CCOC(=O)/C(C#N)=C/Nc1cc(S(=O)(=O)N(CC)CC)ccc1C. The number of aryl methyl sites for hydroxylation is 1. The van der Waals surface area contributed by atoms with Crippen molar-refractivity contribution in [1.29, 1.82) is 5.26 Å². The topological polar surface area (TPSA) is 99.5 Å². The molecule has 1 aromatic rings. The Labute approximate surface area is 148 Å². The van der Waals surface area contributed by atoms with E-state index in [0.29, 0.717) is 18.8 Å². The zero-order chi connectivity index (χ0) is 19.0. The highest BCUT2D eigenvalue weighted by atomic mass is 32.2. The number of carbonyl (C=O) groups is 1. The van der Waals surface area contributed by atoms with Crippen LogP contribution in [0.25, 0.3) is 0 Å². The molecule has 0 spiro atoms. The molecule has 0 saturated heterocycles. The van der Waals surface area contributed by atoms with Crippen molar-refractivity contribution in [2.45, 2.75) is 32.6 Å². The smallest absolute Gasteiger partial charge is 0.350 e. The third kappa shape index (κ3) is 5.05. The summed E-state index contributed by atoms with van der Waals surface area (Å²) in [6.07, 6.45) is 1.22. The molecule has 1 N–H and O–H groups in total. The lowest BCUT2D eigenvalue weighted by Gasteiger charge is -2.19. The molecule has 1 rings (SSSR count). The van der Waals surface area contributed by atoms with Gasteiger partial charge in [-0.2, -0.15) is 9.57 Å². The first kappa shape index (κ1) is 20.7. The Hall–Kier alpha value is -2.37. The van der Waals surface area contributed by atoms with Crippen molar-refractivity contribution in [2.75, 3.05) is 25.0 Å². The van der Waals surface area contributed by atoms with E-state index >= 15 is 0 Å². The van der Waals surface area contributed by atoms with Crippen LogP contribution in [0.2, 0.25) is 0 Å². The standard InChI is InChI=1S/C17H23N3O4S/c1-5-20(6-2)25(22,23)15-9-8-13(4)16(10-15)19-12-14(11-18)17(21)24-7-3/h8-10,12,19H,5-7H2,1-4H3/b14-12+. The summed E-state index contributed by atoms with van der Waals surface area (Å²) in [5.74, 6) is -0.734. The summed E-state index contributed by atoms with van der Waals surface area (Å²) in [4.78, 5) is 11.8. The lowest BCUT2D eigenvalue weighted by molar-refractivity contribution is -0.138. The van der Waals surface area contributed by atoms with Crippen molar-refractivity contribution in [2.24, 2.45) is 0 Å². The molecule has 8 heteroatoms. The van der Waals surface area contributed by atoms with E-state index in [0.717, 1.165) is 5.56 Å². The number of rotatable bonds is 8. The van der Waals surface area contributed by atoms with Crippen molar-refractivity contribution >= 4 is 21.7 Å². The number of hydrogen-bond acceptors (Lipinski definition) is 6. The first-order valence-electron chi connectivity index (χ1n) is 7.96. The third-order valence-corrected chi connectivity index (χ3v) is 5.59. The number of hydrogen-bond donors (Lipinski definition) is 1. The predicted molar refractivity (Wildman–Crippen MR) is 95.2 cm³/mol. The fraction of sp³-hybridized carbons (Fsp3) is 0.412. The Kier molecular flexibility index (Phi) is 7.61. The second-order valence-corrected chi connectivity index (χ2v) is 7.04. The normalized spacial score (nSPS) is 11.9. The summed E-state index contributed by atoms with van der Waals surface area (Å²) in [6.45, 7) is 7.89. The van der Waals surface area contributed by atoms with Crippen LogP contribution in [-0.4, -0.2) is 38.4 Å². The van der Waals surface area contributed by atoms with Gasteiger partial charge in [-0.05, 0) is 31.5 Å². The second-order valence-electron chi connectivity index (χ2n) is 5.10. The fourth-order valence-electron chi connectivity index (χ4n) is 2.13. The van der Waals surface area contributed by atoms with Crippen LogP contribution in [0.15, 0.2) is 34.9 Å². The Morgan fingerprint density at radius 3 is 2.48 bits per heavy atom. The van der Waals surface area contributed by atoms with Crippen molar-refractivity contribution in [3.8, 4) is 6.07 Å². The number of sulfonamides is 1.